The number of rotatable bonds is 8. The molecule has 0 spiro atoms. The van der Waals surface area contributed by atoms with Crippen molar-refractivity contribution in [3.05, 3.63) is 66.7 Å². The molecule has 0 aliphatic heterocycles. The third kappa shape index (κ3) is 6.24. The third-order valence-electron chi connectivity index (χ3n) is 5.55. The molecule has 0 saturated carbocycles. The van der Waals surface area contributed by atoms with E-state index in [-0.39, 0.29) is 55.8 Å². The number of methoxy groups -OCH3 is 2. The molecule has 0 fully saturated rings. The van der Waals surface area contributed by atoms with E-state index >= 15 is 0 Å². The van der Waals surface area contributed by atoms with Gasteiger partial charge < -0.3 is 55.8 Å². The molecule has 0 radical (unpaired) electrons. The Labute approximate surface area is 240 Å². The molecule has 11 heteroatoms. The SMILES string of the molecule is COCCn1c(-c2cccc(-c3nc4ccccc4n3CCOC)n2)nc2ccccc21.[Cl-].[Cl-].[Cl-].[V+3]. The maximum Gasteiger partial charge on any atom is 3.00 e. The number of nitrogens with zero attached hydrogens (tertiary/aromatic N) is 5. The van der Waals surface area contributed by atoms with E-state index in [1.807, 2.05) is 54.6 Å². The average Bonchev–Trinajstić information content (AvgIpc) is 3.40. The largest absolute Gasteiger partial charge is 3.00 e. The molecule has 7 nitrogen and oxygen atoms in total. The number of halogens is 3. The Kier molecular flexibility index (Phi) is 12.9. The van der Waals surface area contributed by atoms with Crippen molar-refractivity contribution in [1.29, 1.82) is 0 Å². The van der Waals surface area contributed by atoms with E-state index in [0.29, 0.717) is 26.3 Å². The van der Waals surface area contributed by atoms with Crippen molar-refractivity contribution in [2.45, 2.75) is 13.1 Å². The summed E-state index contributed by atoms with van der Waals surface area (Å²) < 4.78 is 15.0. The van der Waals surface area contributed by atoms with Gasteiger partial charge in [-0.15, -0.1) is 0 Å². The van der Waals surface area contributed by atoms with Crippen LogP contribution >= 0.6 is 0 Å². The van der Waals surface area contributed by atoms with Gasteiger partial charge in [0.15, 0.2) is 11.6 Å². The van der Waals surface area contributed by atoms with Gasteiger partial charge in [-0.2, -0.15) is 0 Å². The molecular formula is C25H25Cl3N5O2V. The number of benzene rings is 2. The summed E-state index contributed by atoms with van der Waals surface area (Å²) in [6.07, 6.45) is 0. The fourth-order valence-electron chi connectivity index (χ4n) is 4.04. The van der Waals surface area contributed by atoms with Crippen LogP contribution in [0, 0.1) is 0 Å². The summed E-state index contributed by atoms with van der Waals surface area (Å²) in [6, 6.07) is 22.3. The zero-order chi connectivity index (χ0) is 21.9. The Morgan fingerprint density at radius 3 is 1.42 bits per heavy atom. The van der Waals surface area contributed by atoms with Crippen LogP contribution in [0.15, 0.2) is 66.7 Å². The molecule has 2 aromatic carbocycles. The molecule has 0 atom stereocenters. The van der Waals surface area contributed by atoms with Crippen LogP contribution in [0.1, 0.15) is 0 Å². The summed E-state index contributed by atoms with van der Waals surface area (Å²) in [5.74, 6) is 1.65. The van der Waals surface area contributed by atoms with E-state index in [0.717, 1.165) is 45.1 Å². The Morgan fingerprint density at radius 2 is 1.00 bits per heavy atom. The van der Waals surface area contributed by atoms with Gasteiger partial charge in [0, 0.05) is 27.3 Å². The quantitative estimate of drug-likeness (QED) is 0.184. The minimum absolute atomic E-state index is 0. The van der Waals surface area contributed by atoms with Gasteiger partial charge in [-0.3, -0.25) is 0 Å². The van der Waals surface area contributed by atoms with Gasteiger partial charge in [0.25, 0.3) is 0 Å². The number of ether oxygens (including phenoxy) is 2. The van der Waals surface area contributed by atoms with Crippen molar-refractivity contribution in [3.63, 3.8) is 0 Å². The van der Waals surface area contributed by atoms with Crippen LogP contribution in [0.2, 0.25) is 0 Å². The second-order valence-corrected chi connectivity index (χ2v) is 7.55. The third-order valence-corrected chi connectivity index (χ3v) is 5.55. The van der Waals surface area contributed by atoms with E-state index in [1.165, 1.54) is 0 Å². The van der Waals surface area contributed by atoms with Crippen molar-refractivity contribution in [2.24, 2.45) is 0 Å². The van der Waals surface area contributed by atoms with Crippen LogP contribution in [0.5, 0.6) is 0 Å². The molecule has 0 unspecified atom stereocenters. The van der Waals surface area contributed by atoms with E-state index in [2.05, 4.69) is 21.3 Å². The van der Waals surface area contributed by atoms with E-state index in [9.17, 15) is 0 Å². The van der Waals surface area contributed by atoms with E-state index < -0.39 is 0 Å². The number of imidazole rings is 2. The molecule has 0 N–H and O–H groups in total. The first-order chi connectivity index (χ1) is 15.8. The van der Waals surface area contributed by atoms with Crippen molar-refractivity contribution in [2.75, 3.05) is 27.4 Å². The summed E-state index contributed by atoms with van der Waals surface area (Å²) in [6.45, 7) is 2.59. The monoisotopic (exact) mass is 583 g/mol. The standard InChI is InChI=1S/C25H25N5O2.3ClH.V/c1-31-16-14-29-22-12-5-3-8-18(22)27-24(29)20-10-7-11-21(26-20)25-28-19-9-4-6-13-23(19)30(25)15-17-32-2;;;;/h3-13H,14-17H2,1-2H3;3*1H;/q;;;;+3/p-3. The number of aromatic nitrogens is 5. The van der Waals surface area contributed by atoms with Crippen LogP contribution in [0.3, 0.4) is 0 Å². The number of para-hydroxylation sites is 4. The Balaban J connectivity index is 0.00000162. The second-order valence-electron chi connectivity index (χ2n) is 7.55. The van der Waals surface area contributed by atoms with Crippen LogP contribution in [0.25, 0.3) is 45.1 Å². The summed E-state index contributed by atoms with van der Waals surface area (Å²) in [7, 11) is 3.42. The molecule has 0 aliphatic carbocycles. The first kappa shape index (κ1) is 31.9. The van der Waals surface area contributed by atoms with Gasteiger partial charge >= 0.3 is 18.6 Å². The summed E-state index contributed by atoms with van der Waals surface area (Å²) >= 11 is 0. The molecule has 0 amide bonds. The predicted molar refractivity (Wildman–Crippen MR) is 125 cm³/mol. The molecule has 5 rings (SSSR count). The maximum atomic E-state index is 5.34. The maximum absolute atomic E-state index is 5.34. The minimum atomic E-state index is 0. The Hall–Kier alpha value is -2.10. The van der Waals surface area contributed by atoms with Gasteiger partial charge in [0.2, 0.25) is 0 Å². The molecule has 188 valence electrons. The van der Waals surface area contributed by atoms with Crippen molar-refractivity contribution < 1.29 is 65.3 Å². The van der Waals surface area contributed by atoms with Crippen molar-refractivity contribution >= 4 is 22.1 Å². The van der Waals surface area contributed by atoms with Gasteiger partial charge in [-0.25, -0.2) is 15.0 Å². The van der Waals surface area contributed by atoms with Crippen molar-refractivity contribution in [1.82, 2.24) is 24.1 Å². The van der Waals surface area contributed by atoms with E-state index in [4.69, 9.17) is 24.4 Å². The van der Waals surface area contributed by atoms with Crippen LogP contribution in [-0.2, 0) is 41.1 Å². The fourth-order valence-corrected chi connectivity index (χ4v) is 4.04. The van der Waals surface area contributed by atoms with Crippen LogP contribution < -0.4 is 37.2 Å². The van der Waals surface area contributed by atoms with Crippen LogP contribution in [-0.4, -0.2) is 51.5 Å². The van der Waals surface area contributed by atoms with Crippen molar-refractivity contribution in [3.8, 4) is 23.0 Å². The molecule has 3 heterocycles. The normalized spacial score (nSPS) is 10.3. The van der Waals surface area contributed by atoms with Gasteiger partial charge in [0.05, 0.1) is 35.3 Å². The molecule has 36 heavy (non-hydrogen) atoms. The van der Waals surface area contributed by atoms with Gasteiger partial charge in [0.1, 0.15) is 11.4 Å². The minimum Gasteiger partial charge on any atom is -1.00 e. The predicted octanol–water partition coefficient (Wildman–Crippen LogP) is -4.58. The molecule has 0 bridgehead atoms. The molecule has 3 aromatic heterocycles. The van der Waals surface area contributed by atoms with E-state index in [1.54, 1.807) is 14.2 Å². The smallest absolute Gasteiger partial charge is 1.00 e. The summed E-state index contributed by atoms with van der Waals surface area (Å²) in [5.41, 5.74) is 5.63. The summed E-state index contributed by atoms with van der Waals surface area (Å²) in [5, 5.41) is 0. The molecule has 5 aromatic rings. The molecule has 0 aliphatic rings. The Bertz CT molecular complexity index is 1290. The second kappa shape index (κ2) is 14.6. The first-order valence-corrected chi connectivity index (χ1v) is 10.7. The fraction of sp³-hybridized carbons (Fsp3) is 0.240. The molecular weight excluding hydrogens is 560 g/mol. The number of pyridine rings is 1. The van der Waals surface area contributed by atoms with Gasteiger partial charge in [-0.1, -0.05) is 30.3 Å². The topological polar surface area (TPSA) is 67.0 Å². The molecule has 0 saturated heterocycles. The average molecular weight is 585 g/mol. The van der Waals surface area contributed by atoms with Gasteiger partial charge in [-0.05, 0) is 36.4 Å². The zero-order valence-electron chi connectivity index (χ0n) is 19.8. The first-order valence-electron chi connectivity index (χ1n) is 10.7. The number of hydrogen-bond acceptors (Lipinski definition) is 5. The zero-order valence-corrected chi connectivity index (χ0v) is 23.5. The van der Waals surface area contributed by atoms with Crippen LogP contribution in [0.4, 0.5) is 0 Å². The summed E-state index contributed by atoms with van der Waals surface area (Å²) in [4.78, 5) is 14.8. The number of hydrogen-bond donors (Lipinski definition) is 0. The Morgan fingerprint density at radius 1 is 0.583 bits per heavy atom. The number of fused-ring (bicyclic) bond motifs is 2.